The van der Waals surface area contributed by atoms with E-state index in [0.29, 0.717) is 18.7 Å². The minimum Gasteiger partial charge on any atom is -0.346 e. The third-order valence-corrected chi connectivity index (χ3v) is 4.92. The van der Waals surface area contributed by atoms with Crippen LogP contribution < -0.4 is 15.5 Å². The Bertz CT molecular complexity index is 998. The van der Waals surface area contributed by atoms with Gasteiger partial charge in [0.25, 0.3) is 5.91 Å². The lowest BCUT2D eigenvalue weighted by atomic mass is 10.0. The molecule has 5 heteroatoms. The molecule has 3 amide bonds. The van der Waals surface area contributed by atoms with Crippen molar-refractivity contribution in [3.05, 3.63) is 77.9 Å². The lowest BCUT2D eigenvalue weighted by Gasteiger charge is -2.17. The van der Waals surface area contributed by atoms with Crippen molar-refractivity contribution in [2.75, 3.05) is 18.0 Å². The summed E-state index contributed by atoms with van der Waals surface area (Å²) in [4.78, 5) is 26.0. The Labute approximate surface area is 158 Å². The van der Waals surface area contributed by atoms with E-state index in [1.54, 1.807) is 29.2 Å². The van der Waals surface area contributed by atoms with Crippen LogP contribution >= 0.6 is 0 Å². The van der Waals surface area contributed by atoms with Gasteiger partial charge in [-0.3, -0.25) is 9.69 Å². The number of carbonyl (C=O) groups excluding carboxylic acids is 2. The average Bonchev–Trinajstić information content (AvgIpc) is 3.13. The topological polar surface area (TPSA) is 61.4 Å². The van der Waals surface area contributed by atoms with Crippen LogP contribution in [-0.4, -0.2) is 25.0 Å². The number of nitrogens with one attached hydrogen (secondary N) is 2. The number of rotatable bonds is 4. The molecule has 3 aromatic carbocycles. The molecule has 0 spiro atoms. The number of urea groups is 1. The molecule has 3 aromatic rings. The van der Waals surface area contributed by atoms with Gasteiger partial charge in [-0.2, -0.15) is 0 Å². The van der Waals surface area contributed by atoms with Crippen molar-refractivity contribution in [1.82, 2.24) is 10.6 Å². The van der Waals surface area contributed by atoms with Crippen LogP contribution in [0.5, 0.6) is 0 Å². The lowest BCUT2D eigenvalue weighted by molar-refractivity contribution is 0.0940. The zero-order chi connectivity index (χ0) is 18.8. The molecule has 1 fully saturated rings. The molecule has 1 saturated heterocycles. The second-order valence-electron chi connectivity index (χ2n) is 6.73. The molecule has 1 heterocycles. The molecular formula is C22H21N3O2. The Morgan fingerprint density at radius 2 is 1.78 bits per heavy atom. The van der Waals surface area contributed by atoms with Gasteiger partial charge in [-0.15, -0.1) is 0 Å². The smallest absolute Gasteiger partial charge is 0.321 e. The number of anilines is 1. The van der Waals surface area contributed by atoms with E-state index in [1.165, 1.54) is 5.39 Å². The molecule has 5 nitrogen and oxygen atoms in total. The molecule has 4 rings (SSSR count). The summed E-state index contributed by atoms with van der Waals surface area (Å²) in [5, 5.41) is 8.15. The molecule has 1 unspecified atom stereocenters. The molecule has 0 radical (unpaired) electrons. The Morgan fingerprint density at radius 3 is 2.48 bits per heavy atom. The zero-order valence-corrected chi connectivity index (χ0v) is 15.1. The zero-order valence-electron chi connectivity index (χ0n) is 15.1. The maximum absolute atomic E-state index is 12.6. The van der Waals surface area contributed by atoms with E-state index in [-0.39, 0.29) is 18.0 Å². The predicted octanol–water partition coefficient (Wildman–Crippen LogP) is 3.86. The predicted molar refractivity (Wildman–Crippen MR) is 107 cm³/mol. The summed E-state index contributed by atoms with van der Waals surface area (Å²) in [6.45, 7) is 3.26. The summed E-state index contributed by atoms with van der Waals surface area (Å²) in [7, 11) is 0. The molecule has 0 bridgehead atoms. The van der Waals surface area contributed by atoms with E-state index >= 15 is 0 Å². The number of hydrogen-bond acceptors (Lipinski definition) is 2. The fraction of sp³-hybridized carbons (Fsp3) is 0.182. The van der Waals surface area contributed by atoms with Crippen LogP contribution in [0.2, 0.25) is 0 Å². The maximum Gasteiger partial charge on any atom is 0.321 e. The summed E-state index contributed by atoms with van der Waals surface area (Å²) in [6, 6.07) is 21.3. The summed E-state index contributed by atoms with van der Waals surface area (Å²) in [5.74, 6) is -0.131. The Morgan fingerprint density at radius 1 is 1.04 bits per heavy atom. The van der Waals surface area contributed by atoms with Gasteiger partial charge in [0.05, 0.1) is 6.04 Å². The number of benzene rings is 3. The van der Waals surface area contributed by atoms with Crippen LogP contribution in [0.3, 0.4) is 0 Å². The Kier molecular flexibility index (Phi) is 4.50. The highest BCUT2D eigenvalue weighted by molar-refractivity contribution is 5.97. The van der Waals surface area contributed by atoms with Crippen molar-refractivity contribution >= 4 is 28.4 Å². The van der Waals surface area contributed by atoms with Crippen LogP contribution in [-0.2, 0) is 0 Å². The van der Waals surface area contributed by atoms with Gasteiger partial charge in [0, 0.05) is 24.3 Å². The normalized spacial score (nSPS) is 14.9. The van der Waals surface area contributed by atoms with Crippen molar-refractivity contribution in [3.8, 4) is 0 Å². The highest BCUT2D eigenvalue weighted by Gasteiger charge is 2.21. The standard InChI is InChI=1S/C22H21N3O2/c1-15(18-7-6-16-4-2-3-5-19(16)14-18)24-21(26)17-8-10-20(11-9-17)25-13-12-23-22(25)27/h2-11,14-15H,12-13H2,1H3,(H,23,27)(H,24,26). The first-order valence-corrected chi connectivity index (χ1v) is 9.07. The number of carbonyl (C=O) groups is 2. The number of hydrogen-bond donors (Lipinski definition) is 2. The molecule has 2 N–H and O–H groups in total. The SMILES string of the molecule is CC(NC(=O)c1ccc(N2CCNC2=O)cc1)c1ccc2ccccc2c1. The first-order valence-electron chi connectivity index (χ1n) is 9.07. The quantitative estimate of drug-likeness (QED) is 0.743. The average molecular weight is 359 g/mol. The van der Waals surface area contributed by atoms with Gasteiger partial charge in [0.1, 0.15) is 0 Å². The van der Waals surface area contributed by atoms with Crippen molar-refractivity contribution < 1.29 is 9.59 Å². The second kappa shape index (κ2) is 7.11. The second-order valence-corrected chi connectivity index (χ2v) is 6.73. The summed E-state index contributed by atoms with van der Waals surface area (Å²) in [5.41, 5.74) is 2.43. The fourth-order valence-electron chi connectivity index (χ4n) is 3.35. The third kappa shape index (κ3) is 3.49. The first kappa shape index (κ1) is 17.1. The van der Waals surface area contributed by atoms with E-state index in [0.717, 1.165) is 16.6 Å². The first-order chi connectivity index (χ1) is 13.1. The summed E-state index contributed by atoms with van der Waals surface area (Å²) < 4.78 is 0. The molecular weight excluding hydrogens is 338 g/mol. The number of fused-ring (bicyclic) bond motifs is 1. The number of amides is 3. The molecule has 27 heavy (non-hydrogen) atoms. The largest absolute Gasteiger partial charge is 0.346 e. The summed E-state index contributed by atoms with van der Waals surface area (Å²) >= 11 is 0. The molecule has 0 aromatic heterocycles. The van der Waals surface area contributed by atoms with E-state index in [1.807, 2.05) is 25.1 Å². The van der Waals surface area contributed by atoms with E-state index in [4.69, 9.17) is 0 Å². The van der Waals surface area contributed by atoms with E-state index in [2.05, 4.69) is 34.9 Å². The summed E-state index contributed by atoms with van der Waals surface area (Å²) in [6.07, 6.45) is 0. The molecule has 1 aliphatic rings. The Balaban J connectivity index is 1.46. The van der Waals surface area contributed by atoms with Crippen molar-refractivity contribution in [2.24, 2.45) is 0 Å². The van der Waals surface area contributed by atoms with Gasteiger partial charge < -0.3 is 10.6 Å². The van der Waals surface area contributed by atoms with Gasteiger partial charge in [-0.25, -0.2) is 4.79 Å². The minimum absolute atomic E-state index is 0.0999. The van der Waals surface area contributed by atoms with Crippen molar-refractivity contribution in [2.45, 2.75) is 13.0 Å². The molecule has 0 aliphatic carbocycles. The maximum atomic E-state index is 12.6. The van der Waals surface area contributed by atoms with Crippen LogP contribution in [0.1, 0.15) is 28.9 Å². The minimum atomic E-state index is -0.131. The van der Waals surface area contributed by atoms with Gasteiger partial charge in [0.15, 0.2) is 0 Å². The van der Waals surface area contributed by atoms with Crippen molar-refractivity contribution in [1.29, 1.82) is 0 Å². The molecule has 0 saturated carbocycles. The van der Waals surface area contributed by atoms with Crippen LogP contribution in [0.25, 0.3) is 10.8 Å². The Hall–Kier alpha value is -3.34. The van der Waals surface area contributed by atoms with E-state index < -0.39 is 0 Å². The van der Waals surface area contributed by atoms with Gasteiger partial charge >= 0.3 is 6.03 Å². The van der Waals surface area contributed by atoms with Crippen molar-refractivity contribution in [3.63, 3.8) is 0 Å². The molecule has 136 valence electrons. The van der Waals surface area contributed by atoms with Gasteiger partial charge in [0.2, 0.25) is 0 Å². The van der Waals surface area contributed by atoms with Gasteiger partial charge in [-0.05, 0) is 53.6 Å². The van der Waals surface area contributed by atoms with Crippen LogP contribution in [0.15, 0.2) is 66.7 Å². The lowest BCUT2D eigenvalue weighted by Crippen LogP contribution is -2.28. The molecule has 1 atom stereocenters. The van der Waals surface area contributed by atoms with E-state index in [9.17, 15) is 9.59 Å². The monoisotopic (exact) mass is 359 g/mol. The van der Waals surface area contributed by atoms with Crippen LogP contribution in [0, 0.1) is 0 Å². The van der Waals surface area contributed by atoms with Crippen LogP contribution in [0.4, 0.5) is 10.5 Å². The number of nitrogens with zero attached hydrogens (tertiary/aromatic N) is 1. The highest BCUT2D eigenvalue weighted by atomic mass is 16.2. The highest BCUT2D eigenvalue weighted by Crippen LogP contribution is 2.21. The third-order valence-electron chi connectivity index (χ3n) is 4.92. The fourth-order valence-corrected chi connectivity index (χ4v) is 3.35. The molecule has 1 aliphatic heterocycles. The van der Waals surface area contributed by atoms with Gasteiger partial charge in [-0.1, -0.05) is 36.4 Å².